The van der Waals surface area contributed by atoms with Crippen LogP contribution in [0.1, 0.15) is 0 Å². The fraction of sp³-hybridized carbons (Fsp3) is 0. The van der Waals surface area contributed by atoms with Crippen LogP contribution < -0.4 is 0 Å². The van der Waals surface area contributed by atoms with Crippen molar-refractivity contribution in [3.8, 4) is 0 Å². The van der Waals surface area contributed by atoms with E-state index in [2.05, 4.69) is 0 Å². The van der Waals surface area contributed by atoms with Crippen molar-refractivity contribution in [3.05, 3.63) is 0 Å². The van der Waals surface area contributed by atoms with Crippen molar-refractivity contribution >= 4 is 24.4 Å². The molecule has 0 saturated carbocycles. The maximum absolute atomic E-state index is 0. The third-order valence-corrected chi connectivity index (χ3v) is 0. The Morgan fingerprint density at radius 2 is 0.333 bits per heavy atom. The first-order valence-corrected chi connectivity index (χ1v) is 0. The smallest absolute Gasteiger partial charge is 0 e. The van der Waals surface area contributed by atoms with Crippen LogP contribution in [0.4, 0.5) is 23.5 Å². The summed E-state index contributed by atoms with van der Waals surface area (Å²) in [6.07, 6.45) is 0. The van der Waals surface area contributed by atoms with Gasteiger partial charge in [-0.15, -0.1) is 0 Å². The Kier molecular flexibility index (Phi) is 73200. The number of halogens is 5. The summed E-state index contributed by atoms with van der Waals surface area (Å²) in [5.41, 5.74) is 0. The normalized spacial score (nSPS) is 0. The Balaban J connectivity index is 0. The number of rotatable bonds is 0. The average molecular weight is 222 g/mol. The second-order valence-electron chi connectivity index (χ2n) is 0. The molecule has 45 valence electrons. The van der Waals surface area contributed by atoms with E-state index in [1.165, 1.54) is 0 Å². The van der Waals surface area contributed by atoms with Crippen molar-refractivity contribution in [1.29, 1.82) is 0 Å². The maximum atomic E-state index is 0. The van der Waals surface area contributed by atoms with E-state index in [0.717, 1.165) is 0 Å². The molecule has 3 radical (unpaired) electrons. The van der Waals surface area contributed by atoms with Crippen LogP contribution in [0.3, 0.4) is 0 Å². The van der Waals surface area contributed by atoms with Gasteiger partial charge in [0.25, 0.3) is 0 Å². The van der Waals surface area contributed by atoms with Gasteiger partial charge in [-0.25, -0.2) is 0 Å². The maximum Gasteiger partial charge on any atom is 0 e. The van der Waals surface area contributed by atoms with Crippen LogP contribution in [0, 0.1) is 0 Å². The van der Waals surface area contributed by atoms with Crippen LogP contribution in [-0.4, -0.2) is 24.4 Å². The van der Waals surface area contributed by atoms with Gasteiger partial charge in [-0.3, -0.25) is 23.5 Å². The summed E-state index contributed by atoms with van der Waals surface area (Å²) in [4.78, 5) is 0. The van der Waals surface area contributed by atoms with Crippen molar-refractivity contribution < 1.29 is 23.5 Å². The first-order chi connectivity index (χ1) is 0. The van der Waals surface area contributed by atoms with Crippen LogP contribution >= 0.6 is 0 Å². The van der Waals surface area contributed by atoms with Gasteiger partial charge in [-0.1, -0.05) is 0 Å². The standard InChI is InChI=1S/5FH.Sb/h5*1H;. The third-order valence-electron chi connectivity index (χ3n) is 0. The molecule has 0 aromatic rings. The zero-order chi connectivity index (χ0) is 0. The minimum absolute atomic E-state index is 0. The van der Waals surface area contributed by atoms with Crippen LogP contribution in [0.25, 0.3) is 0 Å². The van der Waals surface area contributed by atoms with Gasteiger partial charge in [0.2, 0.25) is 0 Å². The van der Waals surface area contributed by atoms with Crippen molar-refractivity contribution in [2.24, 2.45) is 0 Å². The van der Waals surface area contributed by atoms with Crippen LogP contribution in [0.2, 0.25) is 0 Å². The quantitative estimate of drug-likeness (QED) is 0.410. The van der Waals surface area contributed by atoms with Crippen molar-refractivity contribution in [1.82, 2.24) is 0 Å². The molecule has 0 N–H and O–H groups in total. The summed E-state index contributed by atoms with van der Waals surface area (Å²) in [6.45, 7) is 0. The number of hydrogen-bond acceptors (Lipinski definition) is 0. The Labute approximate surface area is 48.6 Å². The van der Waals surface area contributed by atoms with E-state index in [1.807, 2.05) is 0 Å². The second-order valence-corrected chi connectivity index (χ2v) is 0. The molecule has 0 aliphatic heterocycles. The van der Waals surface area contributed by atoms with Gasteiger partial charge in [0.15, 0.2) is 0 Å². The molecule has 0 fully saturated rings. The fourth-order valence-corrected chi connectivity index (χ4v) is 0. The molecule has 0 aromatic carbocycles. The fourth-order valence-electron chi connectivity index (χ4n) is 0. The van der Waals surface area contributed by atoms with Gasteiger partial charge in [0.1, 0.15) is 0 Å². The van der Waals surface area contributed by atoms with Gasteiger partial charge >= 0.3 is 0 Å². The van der Waals surface area contributed by atoms with Crippen molar-refractivity contribution in [2.45, 2.75) is 0 Å². The molecule has 0 unspecified atom stereocenters. The molecular weight excluding hydrogens is 217 g/mol. The predicted octanol–water partition coefficient (Wildman–Crippen LogP) is 0.382. The Morgan fingerprint density at radius 3 is 0.333 bits per heavy atom. The molecule has 0 aliphatic rings. The van der Waals surface area contributed by atoms with Gasteiger partial charge in [-0.2, -0.15) is 0 Å². The van der Waals surface area contributed by atoms with Crippen molar-refractivity contribution in [2.75, 3.05) is 0 Å². The molecule has 0 bridgehead atoms. The van der Waals surface area contributed by atoms with E-state index in [4.69, 9.17) is 0 Å². The minimum atomic E-state index is 0. The SMILES string of the molecule is F.F.F.F.F.[Sb]. The monoisotopic (exact) mass is 221 g/mol. The van der Waals surface area contributed by atoms with E-state index >= 15 is 0 Å². The summed E-state index contributed by atoms with van der Waals surface area (Å²) in [5.74, 6) is 0. The largest absolute Gasteiger partial charge is 0.269 e. The van der Waals surface area contributed by atoms with Crippen LogP contribution in [0.5, 0.6) is 0 Å². The van der Waals surface area contributed by atoms with E-state index in [1.54, 1.807) is 0 Å². The summed E-state index contributed by atoms with van der Waals surface area (Å²) in [5, 5.41) is 0. The minimum Gasteiger partial charge on any atom is -0.269 e. The Hall–Kier alpha value is 0.468. The molecule has 0 spiro atoms. The van der Waals surface area contributed by atoms with Crippen LogP contribution in [-0.2, 0) is 0 Å². The second kappa shape index (κ2) is 498. The molecule has 0 saturated heterocycles. The van der Waals surface area contributed by atoms with Gasteiger partial charge in [-0.05, 0) is 0 Å². The van der Waals surface area contributed by atoms with E-state index in [9.17, 15) is 0 Å². The molecule has 0 amide bonds. The topological polar surface area (TPSA) is 0 Å². The zero-order valence-electron chi connectivity index (χ0n) is 2.49. The molecule has 0 nitrogen and oxygen atoms in total. The number of hydrogen-bond donors (Lipinski definition) is 0. The summed E-state index contributed by atoms with van der Waals surface area (Å²) in [7, 11) is 0. The van der Waals surface area contributed by atoms with Gasteiger partial charge in [0.05, 0.1) is 0 Å². The molecule has 0 aromatic heterocycles. The molecule has 0 aliphatic carbocycles. The van der Waals surface area contributed by atoms with Crippen molar-refractivity contribution in [3.63, 3.8) is 0 Å². The summed E-state index contributed by atoms with van der Waals surface area (Å²) < 4.78 is 0. The molecule has 0 heterocycles. The summed E-state index contributed by atoms with van der Waals surface area (Å²) in [6, 6.07) is 0. The van der Waals surface area contributed by atoms with E-state index in [0.29, 0.717) is 0 Å². The van der Waals surface area contributed by atoms with E-state index in [-0.39, 0.29) is 47.9 Å². The zero-order valence-corrected chi connectivity index (χ0v) is 5.04. The molecule has 6 heteroatoms. The molecule has 0 rings (SSSR count). The third kappa shape index (κ3) is 245. The first-order valence-electron chi connectivity index (χ1n) is 0. The Morgan fingerprint density at radius 1 is 0.333 bits per heavy atom. The van der Waals surface area contributed by atoms with Crippen LogP contribution in [0.15, 0.2) is 0 Å². The first kappa shape index (κ1) is 882. The molecular formula is H5F5Sb. The Bertz CT molecular complexity index is 3.90. The van der Waals surface area contributed by atoms with E-state index < -0.39 is 0 Å². The molecule has 6 heavy (non-hydrogen) atoms. The average Bonchev–Trinajstić information content (AvgIpc) is 0. The molecule has 0 atom stereocenters. The van der Waals surface area contributed by atoms with Gasteiger partial charge < -0.3 is 0 Å². The summed E-state index contributed by atoms with van der Waals surface area (Å²) >= 11 is 0. The van der Waals surface area contributed by atoms with Gasteiger partial charge in [0, 0.05) is 24.4 Å². The predicted molar refractivity (Wildman–Crippen MR) is 18.3 cm³/mol.